The highest BCUT2D eigenvalue weighted by atomic mass is 16.6. The minimum absolute atomic E-state index is 0.0385. The summed E-state index contributed by atoms with van der Waals surface area (Å²) in [6, 6.07) is 8.25. The van der Waals surface area contributed by atoms with Gasteiger partial charge in [-0.05, 0) is 18.6 Å². The number of hydrogen-bond donors (Lipinski definition) is 1. The van der Waals surface area contributed by atoms with Gasteiger partial charge in [0.1, 0.15) is 12.4 Å². The van der Waals surface area contributed by atoms with Crippen molar-refractivity contribution in [3.63, 3.8) is 0 Å². The van der Waals surface area contributed by atoms with Crippen LogP contribution >= 0.6 is 0 Å². The quantitative estimate of drug-likeness (QED) is 0.672. The molecule has 19 heavy (non-hydrogen) atoms. The smallest absolute Gasteiger partial charge is 0.311 e. The summed E-state index contributed by atoms with van der Waals surface area (Å²) in [4.78, 5) is 14.4. The largest absolute Gasteiger partial charge is 0.482 e. The number of pyridine rings is 1. The molecule has 0 amide bonds. The molecule has 6 heteroatoms. The Hall–Kier alpha value is -2.63. The van der Waals surface area contributed by atoms with E-state index in [4.69, 9.17) is 10.5 Å². The number of nitro benzene ring substituents is 1. The van der Waals surface area contributed by atoms with Crippen LogP contribution < -0.4 is 10.5 Å². The van der Waals surface area contributed by atoms with Crippen LogP contribution in [-0.2, 0) is 6.61 Å². The van der Waals surface area contributed by atoms with Gasteiger partial charge in [0.25, 0.3) is 0 Å². The summed E-state index contributed by atoms with van der Waals surface area (Å²) in [5, 5.41) is 10.9. The monoisotopic (exact) mass is 259 g/mol. The lowest BCUT2D eigenvalue weighted by Crippen LogP contribution is -2.01. The van der Waals surface area contributed by atoms with Gasteiger partial charge in [0.2, 0.25) is 0 Å². The summed E-state index contributed by atoms with van der Waals surface area (Å²) < 4.78 is 5.53. The van der Waals surface area contributed by atoms with Crippen molar-refractivity contribution in [1.82, 2.24) is 4.98 Å². The number of para-hydroxylation sites is 1. The van der Waals surface area contributed by atoms with Crippen LogP contribution in [0.3, 0.4) is 0 Å². The highest BCUT2D eigenvalue weighted by molar-refractivity contribution is 5.51. The predicted molar refractivity (Wildman–Crippen MR) is 70.8 cm³/mol. The molecule has 2 rings (SSSR count). The average Bonchev–Trinajstić information content (AvgIpc) is 2.39. The molecule has 0 fully saturated rings. The van der Waals surface area contributed by atoms with Crippen LogP contribution in [0, 0.1) is 17.0 Å². The van der Waals surface area contributed by atoms with Crippen LogP contribution in [-0.4, -0.2) is 9.91 Å². The molecule has 0 atom stereocenters. The standard InChI is InChI=1S/C13H13N3O3/c1-9-3-2-4-11(16(17)18)13(9)19-8-10-5-6-12(14)15-7-10/h2-7H,8H2,1H3,(H2,14,15). The Bertz CT molecular complexity index is 597. The number of nitrogens with two attached hydrogens (primary N) is 1. The molecule has 0 aliphatic heterocycles. The minimum Gasteiger partial charge on any atom is -0.482 e. The third-order valence-corrected chi connectivity index (χ3v) is 2.62. The summed E-state index contributed by atoms with van der Waals surface area (Å²) in [7, 11) is 0. The summed E-state index contributed by atoms with van der Waals surface area (Å²) >= 11 is 0. The molecule has 1 aromatic carbocycles. The zero-order valence-electron chi connectivity index (χ0n) is 10.4. The maximum absolute atomic E-state index is 10.9. The lowest BCUT2D eigenvalue weighted by molar-refractivity contribution is -0.386. The Morgan fingerprint density at radius 3 is 2.79 bits per heavy atom. The van der Waals surface area contributed by atoms with Crippen molar-refractivity contribution in [3.05, 3.63) is 57.8 Å². The van der Waals surface area contributed by atoms with E-state index in [2.05, 4.69) is 4.98 Å². The zero-order valence-corrected chi connectivity index (χ0v) is 10.4. The van der Waals surface area contributed by atoms with Gasteiger partial charge in [-0.1, -0.05) is 18.2 Å². The number of aromatic nitrogens is 1. The maximum atomic E-state index is 10.9. The molecule has 0 aliphatic carbocycles. The number of hydrogen-bond acceptors (Lipinski definition) is 5. The summed E-state index contributed by atoms with van der Waals surface area (Å²) in [5.74, 6) is 0.704. The van der Waals surface area contributed by atoms with Crippen molar-refractivity contribution < 1.29 is 9.66 Å². The Morgan fingerprint density at radius 1 is 1.37 bits per heavy atom. The van der Waals surface area contributed by atoms with E-state index < -0.39 is 4.92 Å². The molecule has 0 bridgehead atoms. The number of nitrogen functional groups attached to an aromatic ring is 1. The normalized spacial score (nSPS) is 10.2. The average molecular weight is 259 g/mol. The van der Waals surface area contributed by atoms with Crippen molar-refractivity contribution in [3.8, 4) is 5.75 Å². The van der Waals surface area contributed by atoms with E-state index in [1.54, 1.807) is 37.4 Å². The zero-order chi connectivity index (χ0) is 13.8. The first kappa shape index (κ1) is 12.8. The first-order valence-electron chi connectivity index (χ1n) is 5.65. The molecule has 0 aliphatic rings. The van der Waals surface area contributed by atoms with Gasteiger partial charge in [-0.3, -0.25) is 10.1 Å². The van der Waals surface area contributed by atoms with Crippen LogP contribution in [0.5, 0.6) is 5.75 Å². The van der Waals surface area contributed by atoms with E-state index in [9.17, 15) is 10.1 Å². The summed E-state index contributed by atoms with van der Waals surface area (Å²) in [6.45, 7) is 1.97. The van der Waals surface area contributed by atoms with Crippen LogP contribution in [0.15, 0.2) is 36.5 Å². The van der Waals surface area contributed by atoms with E-state index in [1.165, 1.54) is 6.07 Å². The van der Waals surface area contributed by atoms with Crippen LogP contribution in [0.1, 0.15) is 11.1 Å². The molecule has 1 heterocycles. The Labute approximate surface area is 110 Å². The second-order valence-electron chi connectivity index (χ2n) is 4.06. The number of nitro groups is 1. The molecule has 2 aromatic rings. The van der Waals surface area contributed by atoms with Gasteiger partial charge in [0.15, 0.2) is 5.75 Å². The predicted octanol–water partition coefficient (Wildman–Crippen LogP) is 2.46. The molecule has 0 saturated carbocycles. The number of anilines is 1. The fourth-order valence-electron chi connectivity index (χ4n) is 1.65. The van der Waals surface area contributed by atoms with Crippen LogP contribution in [0.25, 0.3) is 0 Å². The third kappa shape index (κ3) is 2.98. The van der Waals surface area contributed by atoms with E-state index in [0.29, 0.717) is 5.82 Å². The molecule has 1 aromatic heterocycles. The lowest BCUT2D eigenvalue weighted by atomic mass is 10.2. The van der Waals surface area contributed by atoms with Crippen LogP contribution in [0.2, 0.25) is 0 Å². The van der Waals surface area contributed by atoms with Crippen molar-refractivity contribution in [1.29, 1.82) is 0 Å². The highest BCUT2D eigenvalue weighted by Crippen LogP contribution is 2.30. The molecule has 0 radical (unpaired) electrons. The highest BCUT2D eigenvalue weighted by Gasteiger charge is 2.16. The number of benzene rings is 1. The van der Waals surface area contributed by atoms with Crippen LogP contribution in [0.4, 0.5) is 11.5 Å². The molecule has 0 saturated heterocycles. The number of nitrogens with zero attached hydrogens (tertiary/aromatic N) is 2. The summed E-state index contributed by atoms with van der Waals surface area (Å²) in [5.41, 5.74) is 6.96. The minimum atomic E-state index is -0.455. The molecule has 0 spiro atoms. The molecule has 0 unspecified atom stereocenters. The molecular weight excluding hydrogens is 246 g/mol. The molecule has 2 N–H and O–H groups in total. The van der Waals surface area contributed by atoms with Gasteiger partial charge in [0, 0.05) is 17.8 Å². The SMILES string of the molecule is Cc1cccc([N+](=O)[O-])c1OCc1ccc(N)nc1. The van der Waals surface area contributed by atoms with E-state index in [0.717, 1.165) is 11.1 Å². The van der Waals surface area contributed by atoms with Gasteiger partial charge in [-0.2, -0.15) is 0 Å². The molecule has 98 valence electrons. The Balaban J connectivity index is 2.19. The van der Waals surface area contributed by atoms with Gasteiger partial charge in [-0.25, -0.2) is 4.98 Å². The fourth-order valence-corrected chi connectivity index (χ4v) is 1.65. The molecule has 6 nitrogen and oxygen atoms in total. The lowest BCUT2D eigenvalue weighted by Gasteiger charge is -2.09. The second-order valence-corrected chi connectivity index (χ2v) is 4.06. The van der Waals surface area contributed by atoms with Crippen molar-refractivity contribution in [2.75, 3.05) is 5.73 Å². The first-order valence-corrected chi connectivity index (χ1v) is 5.65. The van der Waals surface area contributed by atoms with Crippen molar-refractivity contribution in [2.45, 2.75) is 13.5 Å². The number of ether oxygens (including phenoxy) is 1. The summed E-state index contributed by atoms with van der Waals surface area (Å²) in [6.07, 6.45) is 1.58. The van der Waals surface area contributed by atoms with Crippen molar-refractivity contribution >= 4 is 11.5 Å². The molecular formula is C13H13N3O3. The topological polar surface area (TPSA) is 91.3 Å². The Kier molecular flexibility index (Phi) is 3.61. The van der Waals surface area contributed by atoms with E-state index >= 15 is 0 Å². The number of rotatable bonds is 4. The number of aryl methyl sites for hydroxylation is 1. The van der Waals surface area contributed by atoms with Gasteiger partial charge < -0.3 is 10.5 Å². The third-order valence-electron chi connectivity index (χ3n) is 2.62. The maximum Gasteiger partial charge on any atom is 0.311 e. The second kappa shape index (κ2) is 5.34. The fraction of sp³-hybridized carbons (Fsp3) is 0.154. The van der Waals surface area contributed by atoms with E-state index in [1.807, 2.05) is 0 Å². The Morgan fingerprint density at radius 2 is 2.16 bits per heavy atom. The van der Waals surface area contributed by atoms with Gasteiger partial charge >= 0.3 is 5.69 Å². The van der Waals surface area contributed by atoms with Crippen molar-refractivity contribution in [2.24, 2.45) is 0 Å². The van der Waals surface area contributed by atoms with Gasteiger partial charge in [-0.15, -0.1) is 0 Å². The first-order chi connectivity index (χ1) is 9.08. The van der Waals surface area contributed by atoms with E-state index in [-0.39, 0.29) is 18.0 Å². The van der Waals surface area contributed by atoms with Gasteiger partial charge in [0.05, 0.1) is 4.92 Å².